The summed E-state index contributed by atoms with van der Waals surface area (Å²) in [5.74, 6) is -0.143. The Bertz CT molecular complexity index is 457. The molecule has 0 aliphatic carbocycles. The lowest BCUT2D eigenvalue weighted by Gasteiger charge is -2.14. The number of aromatic amines is 1. The Balaban J connectivity index is 2.41. The molecule has 1 saturated heterocycles. The van der Waals surface area contributed by atoms with E-state index in [9.17, 15) is 9.59 Å². The molecule has 0 bridgehead atoms. The van der Waals surface area contributed by atoms with Gasteiger partial charge in [-0.3, -0.25) is 9.59 Å². The highest BCUT2D eigenvalue weighted by Gasteiger charge is 2.29. The second-order valence-corrected chi connectivity index (χ2v) is 3.94. The zero-order valence-electron chi connectivity index (χ0n) is 7.87. The number of carbonyl (C=O) groups is 1. The number of amides is 1. The maximum Gasteiger partial charge on any atom is 0.272 e. The van der Waals surface area contributed by atoms with Gasteiger partial charge in [0.25, 0.3) is 5.56 Å². The van der Waals surface area contributed by atoms with E-state index < -0.39 is 0 Å². The van der Waals surface area contributed by atoms with Crippen molar-refractivity contribution in [1.29, 1.82) is 0 Å². The van der Waals surface area contributed by atoms with Crippen molar-refractivity contribution in [1.82, 2.24) is 4.98 Å². The third-order valence-corrected chi connectivity index (χ3v) is 2.51. The van der Waals surface area contributed by atoms with Gasteiger partial charge in [-0.05, 0) is 6.07 Å². The Morgan fingerprint density at radius 1 is 1.53 bits per heavy atom. The van der Waals surface area contributed by atoms with Gasteiger partial charge in [-0.1, -0.05) is 11.6 Å². The van der Waals surface area contributed by atoms with Gasteiger partial charge < -0.3 is 15.6 Å². The minimum absolute atomic E-state index is 0.143. The van der Waals surface area contributed by atoms with Gasteiger partial charge in [-0.25, -0.2) is 0 Å². The molecule has 6 heteroatoms. The third kappa shape index (κ3) is 1.88. The molecule has 3 N–H and O–H groups in total. The second-order valence-electron chi connectivity index (χ2n) is 3.50. The number of rotatable bonds is 1. The van der Waals surface area contributed by atoms with Gasteiger partial charge in [-0.2, -0.15) is 0 Å². The van der Waals surface area contributed by atoms with Crippen LogP contribution in [0.3, 0.4) is 0 Å². The number of H-pyrrole nitrogens is 1. The van der Waals surface area contributed by atoms with E-state index in [2.05, 4.69) is 4.98 Å². The summed E-state index contributed by atoms with van der Waals surface area (Å²) in [6.07, 6.45) is 1.65. The second kappa shape index (κ2) is 3.67. The molecule has 1 aliphatic rings. The molecular formula is C9H10ClN3O2. The fourth-order valence-electron chi connectivity index (χ4n) is 1.61. The topological polar surface area (TPSA) is 79.2 Å². The van der Waals surface area contributed by atoms with Crippen molar-refractivity contribution < 1.29 is 4.79 Å². The first-order chi connectivity index (χ1) is 7.08. The summed E-state index contributed by atoms with van der Waals surface area (Å²) in [6, 6.07) is 1.26. The standard InChI is InChI=1S/C9H10ClN3O2/c10-5-1-7(9(15)12-3-5)13-4-6(11)2-8(13)14/h1,3,6H,2,4,11H2,(H,12,15). The minimum atomic E-state index is -0.332. The van der Waals surface area contributed by atoms with Gasteiger partial charge in [-0.15, -0.1) is 0 Å². The van der Waals surface area contributed by atoms with Crippen molar-refractivity contribution in [2.75, 3.05) is 11.4 Å². The Hall–Kier alpha value is -1.33. The van der Waals surface area contributed by atoms with Crippen LogP contribution < -0.4 is 16.2 Å². The van der Waals surface area contributed by atoms with Gasteiger partial charge in [0.05, 0.1) is 5.02 Å². The maximum atomic E-state index is 11.5. The molecule has 0 spiro atoms. The highest BCUT2D eigenvalue weighted by Crippen LogP contribution is 2.19. The van der Waals surface area contributed by atoms with Gasteiger partial charge in [0.15, 0.2) is 0 Å². The van der Waals surface area contributed by atoms with Crippen molar-refractivity contribution in [3.8, 4) is 0 Å². The van der Waals surface area contributed by atoms with E-state index in [-0.39, 0.29) is 29.6 Å². The smallest absolute Gasteiger partial charge is 0.272 e. The predicted octanol–water partition coefficient (Wildman–Crippen LogP) is 0.0923. The van der Waals surface area contributed by atoms with Gasteiger partial charge >= 0.3 is 0 Å². The lowest BCUT2D eigenvalue weighted by atomic mass is 10.3. The zero-order valence-corrected chi connectivity index (χ0v) is 8.62. The molecule has 1 amide bonds. The summed E-state index contributed by atoms with van der Waals surface area (Å²) in [6.45, 7) is 0.363. The molecule has 2 rings (SSSR count). The molecule has 5 nitrogen and oxygen atoms in total. The van der Waals surface area contributed by atoms with Gasteiger partial charge in [0.2, 0.25) is 5.91 Å². The zero-order chi connectivity index (χ0) is 11.0. The number of aromatic nitrogens is 1. The first kappa shape index (κ1) is 10.2. The van der Waals surface area contributed by atoms with Gasteiger partial charge in [0, 0.05) is 25.2 Å². The van der Waals surface area contributed by atoms with E-state index in [0.29, 0.717) is 11.6 Å². The minimum Gasteiger partial charge on any atom is -0.326 e. The molecule has 0 radical (unpaired) electrons. The molecule has 1 atom stereocenters. The fraction of sp³-hybridized carbons (Fsp3) is 0.333. The Morgan fingerprint density at radius 2 is 2.27 bits per heavy atom. The van der Waals surface area contributed by atoms with Crippen LogP contribution in [0.4, 0.5) is 5.69 Å². The molecule has 15 heavy (non-hydrogen) atoms. The Labute approximate surface area is 90.8 Å². The SMILES string of the molecule is NC1CC(=O)N(c2cc(Cl)c[nH]c2=O)C1. The molecule has 0 saturated carbocycles. The quantitative estimate of drug-likeness (QED) is 0.714. The first-order valence-electron chi connectivity index (χ1n) is 4.52. The summed E-state index contributed by atoms with van der Waals surface area (Å²) >= 11 is 5.74. The van der Waals surface area contributed by atoms with E-state index >= 15 is 0 Å². The lowest BCUT2D eigenvalue weighted by molar-refractivity contribution is -0.117. The summed E-state index contributed by atoms with van der Waals surface area (Å²) < 4.78 is 0. The normalized spacial score (nSPS) is 21.1. The summed E-state index contributed by atoms with van der Waals surface area (Å²) in [5.41, 5.74) is 5.57. The molecule has 1 fully saturated rings. The van der Waals surface area contributed by atoms with E-state index in [1.165, 1.54) is 17.2 Å². The monoisotopic (exact) mass is 227 g/mol. The molecule has 1 aromatic rings. The molecule has 0 aromatic carbocycles. The number of hydrogen-bond donors (Lipinski definition) is 2. The van der Waals surface area contributed by atoms with Crippen LogP contribution in [0.1, 0.15) is 6.42 Å². The number of nitrogens with two attached hydrogens (primary N) is 1. The van der Waals surface area contributed by atoms with E-state index in [0.717, 1.165) is 0 Å². The van der Waals surface area contributed by atoms with Crippen LogP contribution in [-0.4, -0.2) is 23.5 Å². The van der Waals surface area contributed by atoms with Crippen molar-refractivity contribution >= 4 is 23.2 Å². The molecule has 80 valence electrons. The maximum absolute atomic E-state index is 11.5. The van der Waals surface area contributed by atoms with Crippen LogP contribution >= 0.6 is 11.6 Å². The summed E-state index contributed by atoms with van der Waals surface area (Å²) in [7, 11) is 0. The van der Waals surface area contributed by atoms with E-state index in [4.69, 9.17) is 17.3 Å². The average molecular weight is 228 g/mol. The molecule has 1 aliphatic heterocycles. The van der Waals surface area contributed by atoms with E-state index in [1.54, 1.807) is 0 Å². The van der Waals surface area contributed by atoms with Gasteiger partial charge in [0.1, 0.15) is 5.69 Å². The predicted molar refractivity (Wildman–Crippen MR) is 57.0 cm³/mol. The van der Waals surface area contributed by atoms with Crippen LogP contribution in [-0.2, 0) is 4.79 Å². The number of nitrogens with one attached hydrogen (secondary N) is 1. The highest BCUT2D eigenvalue weighted by atomic mass is 35.5. The number of hydrogen-bond acceptors (Lipinski definition) is 3. The Morgan fingerprint density at radius 3 is 2.87 bits per heavy atom. The van der Waals surface area contributed by atoms with E-state index in [1.807, 2.05) is 0 Å². The van der Waals surface area contributed by atoms with Crippen molar-refractivity contribution in [3.63, 3.8) is 0 Å². The molecule has 2 heterocycles. The fourth-order valence-corrected chi connectivity index (χ4v) is 1.77. The van der Waals surface area contributed by atoms with Crippen LogP contribution in [0.15, 0.2) is 17.1 Å². The van der Waals surface area contributed by atoms with Crippen molar-refractivity contribution in [3.05, 3.63) is 27.6 Å². The molecular weight excluding hydrogens is 218 g/mol. The summed E-state index contributed by atoms with van der Waals surface area (Å²) in [5, 5.41) is 0.387. The summed E-state index contributed by atoms with van der Waals surface area (Å²) in [4.78, 5) is 26.8. The van der Waals surface area contributed by atoms with Crippen LogP contribution in [0, 0.1) is 0 Å². The largest absolute Gasteiger partial charge is 0.326 e. The Kier molecular flexibility index (Phi) is 2.50. The third-order valence-electron chi connectivity index (χ3n) is 2.29. The lowest BCUT2D eigenvalue weighted by Crippen LogP contribution is -2.32. The average Bonchev–Trinajstić information content (AvgIpc) is 2.50. The van der Waals surface area contributed by atoms with Crippen LogP contribution in [0.5, 0.6) is 0 Å². The molecule has 1 aromatic heterocycles. The highest BCUT2D eigenvalue weighted by molar-refractivity contribution is 6.30. The number of carbonyl (C=O) groups excluding carboxylic acids is 1. The number of nitrogens with zero attached hydrogens (tertiary/aromatic N) is 1. The number of anilines is 1. The first-order valence-corrected chi connectivity index (χ1v) is 4.90. The van der Waals surface area contributed by atoms with Crippen molar-refractivity contribution in [2.45, 2.75) is 12.5 Å². The van der Waals surface area contributed by atoms with Crippen LogP contribution in [0.25, 0.3) is 0 Å². The van der Waals surface area contributed by atoms with Crippen molar-refractivity contribution in [2.24, 2.45) is 5.73 Å². The molecule has 1 unspecified atom stereocenters. The number of halogens is 1. The van der Waals surface area contributed by atoms with Crippen LogP contribution in [0.2, 0.25) is 5.02 Å². The number of pyridine rings is 1.